The molecule has 2 aliphatic heterocycles. The molecule has 4 rings (SSSR count). The van der Waals surface area contributed by atoms with Gasteiger partial charge in [-0.3, -0.25) is 4.98 Å². The van der Waals surface area contributed by atoms with Crippen LogP contribution in [0.2, 0.25) is 0 Å². The number of morpholine rings is 1. The van der Waals surface area contributed by atoms with E-state index in [0.717, 1.165) is 0 Å². The number of aliphatic hydroxyl groups excluding tert-OH is 1. The molecule has 0 spiro atoms. The average Bonchev–Trinajstić information content (AvgIpc) is 2.72. The Labute approximate surface area is 176 Å². The van der Waals surface area contributed by atoms with Crippen molar-refractivity contribution in [2.45, 2.75) is 44.2 Å². The van der Waals surface area contributed by atoms with Crippen LogP contribution in [0.4, 0.5) is 5.82 Å². The molecule has 2 atom stereocenters. The van der Waals surface area contributed by atoms with Crippen LogP contribution in [-0.4, -0.2) is 66.6 Å². The molecule has 30 heavy (non-hydrogen) atoms. The van der Waals surface area contributed by atoms with Gasteiger partial charge in [-0.1, -0.05) is 0 Å². The molecule has 0 unspecified atom stereocenters. The van der Waals surface area contributed by atoms with E-state index in [1.165, 1.54) is 6.26 Å². The normalized spacial score (nSPS) is 21.6. The Balaban J connectivity index is 1.98. The number of fused-ring (bicyclic) bond motifs is 3. The average molecular weight is 435 g/mol. The molecule has 0 saturated carbocycles. The van der Waals surface area contributed by atoms with Gasteiger partial charge in [0.05, 0.1) is 31.9 Å². The second-order valence-corrected chi connectivity index (χ2v) is 10.9. The van der Waals surface area contributed by atoms with E-state index in [1.807, 2.05) is 6.92 Å². The highest BCUT2D eigenvalue weighted by Crippen LogP contribution is 2.44. The summed E-state index contributed by atoms with van der Waals surface area (Å²) in [5.41, 5.74) is 1.53. The summed E-state index contributed by atoms with van der Waals surface area (Å²) in [4.78, 5) is 15.7. The Kier molecular flexibility index (Phi) is 5.19. The zero-order valence-electron chi connectivity index (χ0n) is 17.5. The van der Waals surface area contributed by atoms with E-state index in [2.05, 4.69) is 14.9 Å². The smallest absolute Gasteiger partial charge is 0.185 e. The lowest BCUT2D eigenvalue weighted by atomic mass is 10.0. The van der Waals surface area contributed by atoms with Crippen molar-refractivity contribution in [1.29, 1.82) is 0 Å². The largest absolute Gasteiger partial charge is 0.486 e. The summed E-state index contributed by atoms with van der Waals surface area (Å²) in [6.07, 6.45) is 4.35. The number of aromatic nitrogens is 3. The minimum atomic E-state index is -3.51. The highest BCUT2D eigenvalue weighted by Gasteiger charge is 2.43. The summed E-state index contributed by atoms with van der Waals surface area (Å²) in [5.74, 6) is 1.30. The van der Waals surface area contributed by atoms with Gasteiger partial charge in [0.2, 0.25) is 0 Å². The minimum absolute atomic E-state index is 0.0138. The molecule has 2 aliphatic rings. The summed E-state index contributed by atoms with van der Waals surface area (Å²) in [7, 11) is -3.51. The van der Waals surface area contributed by atoms with Gasteiger partial charge >= 0.3 is 0 Å². The maximum absolute atomic E-state index is 12.6. The molecule has 4 heterocycles. The molecule has 0 amide bonds. The minimum Gasteiger partial charge on any atom is -0.486 e. The number of anilines is 1. The van der Waals surface area contributed by atoms with Crippen molar-refractivity contribution in [2.24, 2.45) is 0 Å². The topological polar surface area (TPSA) is 115 Å². The summed E-state index contributed by atoms with van der Waals surface area (Å²) in [6.45, 7) is 6.54. The van der Waals surface area contributed by atoms with E-state index in [4.69, 9.17) is 14.5 Å². The van der Waals surface area contributed by atoms with Crippen molar-refractivity contribution in [3.63, 3.8) is 0 Å². The van der Waals surface area contributed by atoms with Crippen LogP contribution in [0.1, 0.15) is 32.0 Å². The number of nitrogens with zero attached hydrogens (tertiary/aromatic N) is 4. The van der Waals surface area contributed by atoms with Crippen LogP contribution in [0.15, 0.2) is 18.5 Å². The maximum atomic E-state index is 12.6. The predicted octanol–water partition coefficient (Wildman–Crippen LogP) is 1.30. The number of hydrogen-bond donors (Lipinski definition) is 1. The van der Waals surface area contributed by atoms with Gasteiger partial charge in [-0.2, -0.15) is 0 Å². The monoisotopic (exact) mass is 434 g/mol. The number of ether oxygens (including phenoxy) is 2. The maximum Gasteiger partial charge on any atom is 0.185 e. The molecule has 10 heteroatoms. The first-order valence-corrected chi connectivity index (χ1v) is 11.7. The lowest BCUT2D eigenvalue weighted by Crippen LogP contribution is -2.56. The standard InChI is InChI=1S/C20H26N4O5S/c1-12-9-28-10-15-11-29-16-17(20(2,3)30(4,26)27)22-18(23-19(16)24(12)15)14-5-13(8-25)6-21-7-14/h5-7,12,15,25H,8-11H2,1-4H3/t12-,15+/m1/s1. The van der Waals surface area contributed by atoms with Gasteiger partial charge in [0.15, 0.2) is 27.2 Å². The summed E-state index contributed by atoms with van der Waals surface area (Å²) in [5, 5.41) is 9.48. The Bertz CT molecular complexity index is 1070. The van der Waals surface area contributed by atoms with Gasteiger partial charge in [-0.15, -0.1) is 0 Å². The molecule has 0 aliphatic carbocycles. The highest BCUT2D eigenvalue weighted by molar-refractivity contribution is 7.91. The fourth-order valence-corrected chi connectivity index (χ4v) is 4.23. The predicted molar refractivity (Wildman–Crippen MR) is 111 cm³/mol. The van der Waals surface area contributed by atoms with Crippen LogP contribution in [0, 0.1) is 0 Å². The Morgan fingerprint density at radius 3 is 2.70 bits per heavy atom. The van der Waals surface area contributed by atoms with Gasteiger partial charge in [0.25, 0.3) is 0 Å². The fraction of sp³-hybridized carbons (Fsp3) is 0.550. The van der Waals surface area contributed by atoms with Crippen LogP contribution >= 0.6 is 0 Å². The van der Waals surface area contributed by atoms with E-state index in [-0.39, 0.29) is 18.7 Å². The molecule has 1 fully saturated rings. The first-order chi connectivity index (χ1) is 14.1. The van der Waals surface area contributed by atoms with Crippen molar-refractivity contribution >= 4 is 15.7 Å². The summed E-state index contributed by atoms with van der Waals surface area (Å²) in [6, 6.07) is 1.78. The number of sulfone groups is 1. The quantitative estimate of drug-likeness (QED) is 0.760. The van der Waals surface area contributed by atoms with E-state index < -0.39 is 14.6 Å². The molecule has 1 N–H and O–H groups in total. The van der Waals surface area contributed by atoms with Crippen LogP contribution in [0.5, 0.6) is 5.75 Å². The molecular weight excluding hydrogens is 408 g/mol. The van der Waals surface area contributed by atoms with Crippen LogP contribution < -0.4 is 9.64 Å². The zero-order chi connectivity index (χ0) is 21.7. The van der Waals surface area contributed by atoms with Gasteiger partial charge in [0, 0.05) is 24.2 Å². The van der Waals surface area contributed by atoms with Crippen LogP contribution in [0.3, 0.4) is 0 Å². The number of hydrogen-bond acceptors (Lipinski definition) is 9. The Hall–Kier alpha value is -2.30. The Morgan fingerprint density at radius 2 is 2.00 bits per heavy atom. The van der Waals surface area contributed by atoms with Crippen molar-refractivity contribution in [3.05, 3.63) is 29.7 Å². The molecule has 1 saturated heterocycles. The van der Waals surface area contributed by atoms with Crippen LogP contribution in [0.25, 0.3) is 11.4 Å². The molecule has 0 aromatic carbocycles. The molecule has 162 valence electrons. The lowest BCUT2D eigenvalue weighted by Gasteiger charge is -2.45. The number of rotatable bonds is 4. The van der Waals surface area contributed by atoms with Gasteiger partial charge in [0.1, 0.15) is 17.0 Å². The van der Waals surface area contributed by atoms with E-state index >= 15 is 0 Å². The molecule has 0 bridgehead atoms. The third-order valence-corrected chi connectivity index (χ3v) is 7.83. The number of pyridine rings is 1. The first-order valence-electron chi connectivity index (χ1n) is 9.79. The van der Waals surface area contributed by atoms with E-state index in [9.17, 15) is 13.5 Å². The number of aliphatic hydroxyl groups is 1. The zero-order valence-corrected chi connectivity index (χ0v) is 18.3. The SMILES string of the molecule is C[C@@H]1COC[C@H]2COc3c(nc(-c4cncc(CO)c4)nc3C(C)(C)S(C)(=O)=O)N21. The van der Waals surface area contributed by atoms with Crippen molar-refractivity contribution < 1.29 is 23.0 Å². The van der Waals surface area contributed by atoms with E-state index in [1.54, 1.807) is 32.3 Å². The van der Waals surface area contributed by atoms with Crippen molar-refractivity contribution in [2.75, 3.05) is 31.0 Å². The first kappa shape index (κ1) is 21.0. The second kappa shape index (κ2) is 7.44. The molecule has 2 aromatic heterocycles. The third kappa shape index (κ3) is 3.42. The third-order valence-electron chi connectivity index (χ3n) is 5.78. The van der Waals surface area contributed by atoms with Crippen molar-refractivity contribution in [3.8, 4) is 17.1 Å². The molecule has 9 nitrogen and oxygen atoms in total. The van der Waals surface area contributed by atoms with E-state index in [0.29, 0.717) is 54.0 Å². The second-order valence-electron chi connectivity index (χ2n) is 8.33. The molecule has 0 radical (unpaired) electrons. The highest BCUT2D eigenvalue weighted by atomic mass is 32.2. The molecular formula is C20H26N4O5S. The summed E-state index contributed by atoms with van der Waals surface area (Å²) >= 11 is 0. The van der Waals surface area contributed by atoms with Gasteiger partial charge in [-0.25, -0.2) is 18.4 Å². The Morgan fingerprint density at radius 1 is 1.23 bits per heavy atom. The van der Waals surface area contributed by atoms with Crippen LogP contribution in [-0.2, 0) is 25.9 Å². The van der Waals surface area contributed by atoms with Gasteiger partial charge in [-0.05, 0) is 32.4 Å². The molecule has 2 aromatic rings. The summed E-state index contributed by atoms with van der Waals surface area (Å²) < 4.78 is 35.7. The lowest BCUT2D eigenvalue weighted by molar-refractivity contribution is 0.0482. The van der Waals surface area contributed by atoms with Crippen molar-refractivity contribution in [1.82, 2.24) is 15.0 Å². The van der Waals surface area contributed by atoms with Gasteiger partial charge < -0.3 is 19.5 Å². The fourth-order valence-electron chi connectivity index (χ4n) is 3.74.